The Balaban J connectivity index is 1.85. The van der Waals surface area contributed by atoms with E-state index in [1.54, 1.807) is 32.2 Å². The van der Waals surface area contributed by atoms with Gasteiger partial charge in [0.15, 0.2) is 23.5 Å². The summed E-state index contributed by atoms with van der Waals surface area (Å²) in [6.07, 6.45) is 0.302. The lowest BCUT2D eigenvalue weighted by atomic mass is 10.1. The van der Waals surface area contributed by atoms with E-state index in [2.05, 4.69) is 15.4 Å². The average Bonchev–Trinajstić information content (AvgIpc) is 3.33. The Bertz CT molecular complexity index is 742. The first-order chi connectivity index (χ1) is 12.7. The summed E-state index contributed by atoms with van der Waals surface area (Å²) in [5.41, 5.74) is 1.01. The smallest absolute Gasteiger partial charge is 0.361 e. The van der Waals surface area contributed by atoms with Crippen molar-refractivity contribution in [1.82, 2.24) is 15.4 Å². The molecule has 0 bridgehead atoms. The number of carbonyl (C=O) groups is 1. The molecule has 0 atom stereocenters. The van der Waals surface area contributed by atoms with E-state index in [9.17, 15) is 4.79 Å². The number of hydrogen-bond donors (Lipinski definition) is 1. The van der Waals surface area contributed by atoms with Crippen molar-refractivity contribution in [1.29, 1.82) is 0 Å². The fraction of sp³-hybridized carbons (Fsp3) is 0.471. The summed E-state index contributed by atoms with van der Waals surface area (Å²) < 4.78 is 27.2. The van der Waals surface area contributed by atoms with Crippen molar-refractivity contribution in [2.75, 3.05) is 33.5 Å². The number of ether oxygens (including phenoxy) is 5. The summed E-state index contributed by atoms with van der Waals surface area (Å²) in [5, 5.41) is 10.5. The van der Waals surface area contributed by atoms with E-state index in [1.165, 1.54) is 0 Å². The first kappa shape index (κ1) is 18.2. The molecule has 9 heteroatoms. The Labute approximate surface area is 150 Å². The molecule has 0 spiro atoms. The van der Waals surface area contributed by atoms with Crippen LogP contribution in [0.4, 0.5) is 0 Å². The zero-order chi connectivity index (χ0) is 18.4. The van der Waals surface area contributed by atoms with Crippen LogP contribution in [0.2, 0.25) is 0 Å². The van der Waals surface area contributed by atoms with E-state index >= 15 is 0 Å². The lowest BCUT2D eigenvalue weighted by Gasteiger charge is -2.15. The highest BCUT2D eigenvalue weighted by molar-refractivity contribution is 5.95. The molecule has 26 heavy (non-hydrogen) atoms. The Morgan fingerprint density at radius 3 is 2.85 bits per heavy atom. The van der Waals surface area contributed by atoms with E-state index < -0.39 is 5.97 Å². The van der Waals surface area contributed by atoms with Crippen molar-refractivity contribution in [3.63, 3.8) is 0 Å². The molecule has 0 aliphatic carbocycles. The molecule has 1 aliphatic rings. The van der Waals surface area contributed by atoms with Gasteiger partial charge >= 0.3 is 5.97 Å². The number of para-hydroxylation sites is 1. The number of H-pyrrole nitrogens is 1. The van der Waals surface area contributed by atoms with E-state index in [-0.39, 0.29) is 18.6 Å². The number of aromatic nitrogens is 3. The quantitative estimate of drug-likeness (QED) is 0.708. The lowest BCUT2D eigenvalue weighted by Crippen LogP contribution is -2.13. The Morgan fingerprint density at radius 2 is 2.12 bits per heavy atom. The van der Waals surface area contributed by atoms with Crippen molar-refractivity contribution < 1.29 is 28.5 Å². The molecule has 1 fully saturated rings. The van der Waals surface area contributed by atoms with Crippen LogP contribution >= 0.6 is 0 Å². The van der Waals surface area contributed by atoms with E-state index in [0.29, 0.717) is 49.0 Å². The zero-order valence-electron chi connectivity index (χ0n) is 14.7. The van der Waals surface area contributed by atoms with Crippen LogP contribution in [0.5, 0.6) is 11.5 Å². The fourth-order valence-electron chi connectivity index (χ4n) is 2.60. The van der Waals surface area contributed by atoms with Crippen LogP contribution in [-0.4, -0.2) is 61.2 Å². The minimum absolute atomic E-state index is 0.0902. The van der Waals surface area contributed by atoms with Gasteiger partial charge < -0.3 is 23.7 Å². The number of carbonyl (C=O) groups excluding carboxylic acids is 1. The van der Waals surface area contributed by atoms with Gasteiger partial charge in [0.25, 0.3) is 0 Å². The molecule has 140 valence electrons. The number of rotatable bonds is 8. The van der Waals surface area contributed by atoms with Crippen molar-refractivity contribution in [2.24, 2.45) is 0 Å². The van der Waals surface area contributed by atoms with Crippen molar-refractivity contribution in [2.45, 2.75) is 19.6 Å². The largest absolute Gasteiger partial charge is 0.493 e. The van der Waals surface area contributed by atoms with Gasteiger partial charge in [0.1, 0.15) is 5.69 Å². The van der Waals surface area contributed by atoms with Crippen LogP contribution in [0.15, 0.2) is 18.2 Å². The van der Waals surface area contributed by atoms with Gasteiger partial charge in [-0.3, -0.25) is 0 Å². The zero-order valence-corrected chi connectivity index (χ0v) is 14.7. The van der Waals surface area contributed by atoms with E-state index in [0.717, 1.165) is 0 Å². The average molecular weight is 363 g/mol. The van der Waals surface area contributed by atoms with Gasteiger partial charge in [-0.25, -0.2) is 4.79 Å². The van der Waals surface area contributed by atoms with Gasteiger partial charge in [-0.1, -0.05) is 6.07 Å². The first-order valence-electron chi connectivity index (χ1n) is 8.35. The van der Waals surface area contributed by atoms with Crippen LogP contribution < -0.4 is 9.47 Å². The molecule has 0 radical (unpaired) electrons. The Kier molecular flexibility index (Phi) is 6.03. The summed E-state index contributed by atoms with van der Waals surface area (Å²) in [7, 11) is 1.55. The molecule has 0 unspecified atom stereocenters. The van der Waals surface area contributed by atoms with E-state index in [1.807, 2.05) is 0 Å². The number of nitrogens with zero attached hydrogens (tertiary/aromatic N) is 2. The van der Waals surface area contributed by atoms with Gasteiger partial charge in [-0.2, -0.15) is 10.3 Å². The van der Waals surface area contributed by atoms with Gasteiger partial charge in [0.05, 0.1) is 39.1 Å². The minimum Gasteiger partial charge on any atom is -0.493 e. The van der Waals surface area contributed by atoms with Gasteiger partial charge in [-0.05, 0) is 19.1 Å². The predicted molar refractivity (Wildman–Crippen MR) is 90.1 cm³/mol. The summed E-state index contributed by atoms with van der Waals surface area (Å²) >= 11 is 0. The molecule has 1 aromatic heterocycles. The maximum Gasteiger partial charge on any atom is 0.361 e. The molecule has 3 rings (SSSR count). The van der Waals surface area contributed by atoms with Gasteiger partial charge in [-0.15, -0.1) is 5.10 Å². The van der Waals surface area contributed by atoms with Crippen LogP contribution in [0.3, 0.4) is 0 Å². The number of benzene rings is 1. The maximum atomic E-state index is 12.1. The van der Waals surface area contributed by atoms with Crippen LogP contribution in [0, 0.1) is 0 Å². The van der Waals surface area contributed by atoms with Crippen LogP contribution in [0.1, 0.15) is 23.8 Å². The van der Waals surface area contributed by atoms with Crippen molar-refractivity contribution in [3.05, 3.63) is 23.9 Å². The van der Waals surface area contributed by atoms with Crippen molar-refractivity contribution >= 4 is 5.97 Å². The Morgan fingerprint density at radius 1 is 1.31 bits per heavy atom. The highest BCUT2D eigenvalue weighted by atomic mass is 16.7. The normalized spacial score (nSPS) is 14.4. The summed E-state index contributed by atoms with van der Waals surface area (Å²) in [5.74, 6) is 0.429. The lowest BCUT2D eigenvalue weighted by molar-refractivity contribution is -0.0532. The Hall–Kier alpha value is -2.65. The third-order valence-electron chi connectivity index (χ3n) is 3.76. The van der Waals surface area contributed by atoms with Gasteiger partial charge in [0, 0.05) is 6.42 Å². The van der Waals surface area contributed by atoms with Crippen LogP contribution in [0.25, 0.3) is 11.3 Å². The molecule has 1 aromatic carbocycles. The topological polar surface area (TPSA) is 105 Å². The fourth-order valence-corrected chi connectivity index (χ4v) is 2.60. The molecular weight excluding hydrogens is 342 g/mol. The van der Waals surface area contributed by atoms with Gasteiger partial charge in [0.2, 0.25) is 0 Å². The molecule has 1 saturated heterocycles. The summed E-state index contributed by atoms with van der Waals surface area (Å²) in [6, 6.07) is 5.33. The molecule has 1 N–H and O–H groups in total. The summed E-state index contributed by atoms with van der Waals surface area (Å²) in [6.45, 7) is 3.50. The monoisotopic (exact) mass is 363 g/mol. The maximum absolute atomic E-state index is 12.1. The molecule has 2 heterocycles. The standard InChI is InChI=1S/C17H21N3O6/c1-3-23-17(21)15-14(18-20-19-15)11-5-4-6-12(22-2)16(11)26-8-7-13-24-9-10-25-13/h4-6,13H,3,7-10H2,1-2H3,(H,18,19,20). The second-order valence-corrected chi connectivity index (χ2v) is 5.39. The number of hydrogen-bond acceptors (Lipinski definition) is 8. The molecule has 1 aliphatic heterocycles. The third kappa shape index (κ3) is 3.94. The second kappa shape index (κ2) is 8.63. The summed E-state index contributed by atoms with van der Waals surface area (Å²) in [4.78, 5) is 12.1. The SMILES string of the molecule is CCOC(=O)c1n[nH]nc1-c1cccc(OC)c1OCCC1OCCO1. The number of nitrogens with one attached hydrogen (secondary N) is 1. The number of esters is 1. The predicted octanol–water partition coefficient (Wildman–Crippen LogP) is 1.80. The van der Waals surface area contributed by atoms with Crippen LogP contribution in [-0.2, 0) is 14.2 Å². The highest BCUT2D eigenvalue weighted by Gasteiger charge is 2.24. The molecule has 9 nitrogen and oxygen atoms in total. The van der Waals surface area contributed by atoms with Crippen molar-refractivity contribution in [3.8, 4) is 22.8 Å². The highest BCUT2D eigenvalue weighted by Crippen LogP contribution is 2.38. The van der Waals surface area contributed by atoms with E-state index in [4.69, 9.17) is 23.7 Å². The molecule has 0 amide bonds. The first-order valence-corrected chi connectivity index (χ1v) is 8.35. The number of aromatic amines is 1. The second-order valence-electron chi connectivity index (χ2n) is 5.39. The molecular formula is C17H21N3O6. The molecule has 2 aromatic rings. The minimum atomic E-state index is -0.558. The third-order valence-corrected chi connectivity index (χ3v) is 3.76. The molecule has 0 saturated carbocycles. The number of methoxy groups -OCH3 is 1.